The van der Waals surface area contributed by atoms with Crippen molar-refractivity contribution in [2.45, 2.75) is 4.90 Å². The number of thiocarbonyl (C=S) groups is 1. The van der Waals surface area contributed by atoms with Crippen molar-refractivity contribution in [3.05, 3.63) is 64.6 Å². The van der Waals surface area contributed by atoms with Crippen LogP contribution in [-0.2, 0) is 14.8 Å². The second kappa shape index (κ2) is 9.98. The fraction of sp³-hybridized carbons (Fsp3) is 0.0556. The zero-order valence-electron chi connectivity index (χ0n) is 15.2. The van der Waals surface area contributed by atoms with Crippen LogP contribution in [0.5, 0.6) is 5.75 Å². The summed E-state index contributed by atoms with van der Waals surface area (Å²) in [6, 6.07) is 13.0. The van der Waals surface area contributed by atoms with Gasteiger partial charge in [-0.05, 0) is 60.7 Å². The topological polar surface area (TPSA) is 109 Å². The average Bonchev–Trinajstić information content (AvgIpc) is 3.20. The Morgan fingerprint density at radius 1 is 1.13 bits per heavy atom. The summed E-state index contributed by atoms with van der Waals surface area (Å²) in [6.45, 7) is -0.205. The lowest BCUT2D eigenvalue weighted by atomic mass is 10.3. The maximum atomic E-state index is 12.3. The molecule has 0 bridgehead atoms. The minimum atomic E-state index is -3.74. The molecule has 0 fully saturated rings. The molecule has 1 aromatic heterocycles. The highest BCUT2D eigenvalue weighted by atomic mass is 79.9. The van der Waals surface area contributed by atoms with E-state index in [2.05, 4.69) is 36.3 Å². The van der Waals surface area contributed by atoms with Gasteiger partial charge in [-0.3, -0.25) is 14.8 Å². The average molecular weight is 527 g/mol. The van der Waals surface area contributed by atoms with Crippen LogP contribution in [0, 0.1) is 0 Å². The van der Waals surface area contributed by atoms with Crippen LogP contribution in [0.3, 0.4) is 0 Å². The number of hydrogen-bond acceptors (Lipinski definition) is 7. The summed E-state index contributed by atoms with van der Waals surface area (Å²) in [7, 11) is -3.74. The number of benzene rings is 2. The zero-order valence-corrected chi connectivity index (χ0v) is 19.2. The minimum absolute atomic E-state index is 0.0657. The number of halogens is 1. The molecule has 1 heterocycles. The lowest BCUT2D eigenvalue weighted by molar-refractivity contribution is -0.121. The van der Waals surface area contributed by atoms with Gasteiger partial charge in [-0.25, -0.2) is 13.4 Å². The van der Waals surface area contributed by atoms with Gasteiger partial charge in [0.05, 0.1) is 4.90 Å². The number of rotatable bonds is 7. The fourth-order valence-electron chi connectivity index (χ4n) is 2.17. The van der Waals surface area contributed by atoms with Gasteiger partial charge < -0.3 is 10.1 Å². The van der Waals surface area contributed by atoms with Crippen molar-refractivity contribution in [2.75, 3.05) is 16.6 Å². The van der Waals surface area contributed by atoms with Crippen LogP contribution in [-0.4, -0.2) is 31.0 Å². The Morgan fingerprint density at radius 2 is 1.83 bits per heavy atom. The van der Waals surface area contributed by atoms with Crippen LogP contribution in [0.1, 0.15) is 0 Å². The summed E-state index contributed by atoms with van der Waals surface area (Å²) in [6.07, 6.45) is 1.51. The number of nitrogens with one attached hydrogen (secondary N) is 3. The van der Waals surface area contributed by atoms with Gasteiger partial charge in [0.1, 0.15) is 5.75 Å². The number of hydrogen-bond donors (Lipinski definition) is 3. The van der Waals surface area contributed by atoms with Crippen LogP contribution >= 0.6 is 39.5 Å². The number of anilines is 2. The van der Waals surface area contributed by atoms with E-state index in [0.717, 1.165) is 4.47 Å². The Kier molecular flexibility index (Phi) is 7.37. The smallest absolute Gasteiger partial charge is 0.264 e. The lowest BCUT2D eigenvalue weighted by Crippen LogP contribution is -2.37. The molecule has 0 saturated heterocycles. The summed E-state index contributed by atoms with van der Waals surface area (Å²) in [5, 5.41) is 7.33. The van der Waals surface area contributed by atoms with Gasteiger partial charge >= 0.3 is 0 Å². The molecule has 0 atom stereocenters. The van der Waals surface area contributed by atoms with E-state index in [-0.39, 0.29) is 21.7 Å². The highest BCUT2D eigenvalue weighted by Gasteiger charge is 2.15. The van der Waals surface area contributed by atoms with Gasteiger partial charge in [0.2, 0.25) is 0 Å². The SMILES string of the molecule is O=C(COc1ccc(Br)cc1)NC(=S)Nc1ccc(S(=O)(=O)Nc2nccs2)cc1. The van der Waals surface area contributed by atoms with E-state index in [1.807, 2.05) is 0 Å². The lowest BCUT2D eigenvalue weighted by Gasteiger charge is -2.11. The first-order valence-corrected chi connectivity index (χ1v) is 11.9. The van der Waals surface area contributed by atoms with E-state index in [0.29, 0.717) is 11.4 Å². The monoisotopic (exact) mass is 526 g/mol. The molecule has 30 heavy (non-hydrogen) atoms. The fourth-order valence-corrected chi connectivity index (χ4v) is 4.45. The van der Waals surface area contributed by atoms with Gasteiger partial charge in [-0.15, -0.1) is 11.3 Å². The third kappa shape index (κ3) is 6.49. The molecule has 3 rings (SSSR count). The summed E-state index contributed by atoms with van der Waals surface area (Å²) in [5.41, 5.74) is 0.516. The number of aromatic nitrogens is 1. The van der Waals surface area contributed by atoms with Gasteiger partial charge in [-0.1, -0.05) is 15.9 Å². The van der Waals surface area contributed by atoms with Crippen molar-refractivity contribution in [1.29, 1.82) is 0 Å². The molecule has 8 nitrogen and oxygen atoms in total. The van der Waals surface area contributed by atoms with E-state index in [9.17, 15) is 13.2 Å². The summed E-state index contributed by atoms with van der Waals surface area (Å²) in [4.78, 5) is 15.9. The molecule has 0 aliphatic rings. The molecule has 1 amide bonds. The first-order chi connectivity index (χ1) is 14.3. The van der Waals surface area contributed by atoms with E-state index >= 15 is 0 Å². The van der Waals surface area contributed by atoms with E-state index in [1.54, 1.807) is 29.6 Å². The zero-order chi connectivity index (χ0) is 21.6. The molecule has 0 aliphatic heterocycles. The van der Waals surface area contributed by atoms with Crippen molar-refractivity contribution in [1.82, 2.24) is 10.3 Å². The van der Waals surface area contributed by atoms with Crippen LogP contribution in [0.25, 0.3) is 0 Å². The molecule has 0 radical (unpaired) electrons. The third-order valence-corrected chi connectivity index (χ3v) is 6.42. The van der Waals surface area contributed by atoms with E-state index in [4.69, 9.17) is 17.0 Å². The number of thiazole rings is 1. The summed E-state index contributed by atoms with van der Waals surface area (Å²) in [5.74, 6) is 0.123. The van der Waals surface area contributed by atoms with Gasteiger partial charge in [-0.2, -0.15) is 0 Å². The van der Waals surface area contributed by atoms with Crippen molar-refractivity contribution in [3.63, 3.8) is 0 Å². The Morgan fingerprint density at radius 3 is 2.47 bits per heavy atom. The Labute approximate surface area is 190 Å². The summed E-state index contributed by atoms with van der Waals surface area (Å²) >= 11 is 9.60. The third-order valence-electron chi connectivity index (χ3n) is 3.51. The number of ether oxygens (including phenoxy) is 1. The first-order valence-electron chi connectivity index (χ1n) is 8.33. The molecular weight excluding hydrogens is 512 g/mol. The molecule has 3 N–H and O–H groups in total. The van der Waals surface area contributed by atoms with Crippen molar-refractivity contribution in [2.24, 2.45) is 0 Å². The Hall–Kier alpha value is -2.54. The maximum absolute atomic E-state index is 12.3. The second-order valence-corrected chi connectivity index (χ2v) is 9.61. The highest BCUT2D eigenvalue weighted by molar-refractivity contribution is 9.10. The normalized spacial score (nSPS) is 10.8. The quantitative estimate of drug-likeness (QED) is 0.403. The number of amides is 1. The Bertz CT molecular complexity index is 1120. The number of sulfonamides is 1. The second-order valence-electron chi connectivity index (χ2n) is 5.71. The molecule has 0 aliphatic carbocycles. The standard InChI is InChI=1S/C18H15BrN4O4S3/c19-12-1-5-14(6-2-12)27-11-16(24)22-17(28)21-13-3-7-15(8-4-13)30(25,26)23-18-20-9-10-29-18/h1-10H,11H2,(H,20,23)(H2,21,22,24,28). The van der Waals surface area contributed by atoms with Crippen LogP contribution < -0.4 is 20.1 Å². The van der Waals surface area contributed by atoms with Crippen molar-refractivity contribution < 1.29 is 17.9 Å². The number of carbonyl (C=O) groups is 1. The maximum Gasteiger partial charge on any atom is 0.264 e. The molecule has 3 aromatic rings. The van der Waals surface area contributed by atoms with Gasteiger partial charge in [0.15, 0.2) is 16.9 Å². The van der Waals surface area contributed by atoms with Crippen LogP contribution in [0.15, 0.2) is 69.5 Å². The predicted octanol–water partition coefficient (Wildman–Crippen LogP) is 3.60. The molecule has 0 unspecified atom stereocenters. The largest absolute Gasteiger partial charge is 0.484 e. The molecule has 0 saturated carbocycles. The van der Waals surface area contributed by atoms with E-state index in [1.165, 1.54) is 41.8 Å². The van der Waals surface area contributed by atoms with Gasteiger partial charge in [0, 0.05) is 21.7 Å². The molecule has 12 heteroatoms. The van der Waals surface area contributed by atoms with E-state index < -0.39 is 15.9 Å². The minimum Gasteiger partial charge on any atom is -0.484 e. The first kappa shape index (κ1) is 22.2. The number of carbonyl (C=O) groups excluding carboxylic acids is 1. The summed E-state index contributed by atoms with van der Waals surface area (Å²) < 4.78 is 33.3. The molecular formula is C18H15BrN4O4S3. The number of nitrogens with zero attached hydrogens (tertiary/aromatic N) is 1. The molecule has 0 spiro atoms. The molecule has 156 valence electrons. The van der Waals surface area contributed by atoms with Crippen LogP contribution in [0.4, 0.5) is 10.8 Å². The Balaban J connectivity index is 1.50. The molecule has 2 aromatic carbocycles. The van der Waals surface area contributed by atoms with Crippen LogP contribution in [0.2, 0.25) is 0 Å². The van der Waals surface area contributed by atoms with Gasteiger partial charge in [0.25, 0.3) is 15.9 Å². The predicted molar refractivity (Wildman–Crippen MR) is 123 cm³/mol. The van der Waals surface area contributed by atoms with Crippen molar-refractivity contribution in [3.8, 4) is 5.75 Å². The highest BCUT2D eigenvalue weighted by Crippen LogP contribution is 2.19. The van der Waals surface area contributed by atoms with Crippen molar-refractivity contribution >= 4 is 71.3 Å².